The first-order valence-electron chi connectivity index (χ1n) is 13.1. The van der Waals surface area contributed by atoms with Gasteiger partial charge in [0, 0.05) is 37.3 Å². The number of ether oxygens (including phenoxy) is 1. The van der Waals surface area contributed by atoms with Crippen LogP contribution in [0.25, 0.3) is 22.1 Å². The van der Waals surface area contributed by atoms with Crippen molar-refractivity contribution >= 4 is 37.9 Å². The number of esters is 1. The number of hydrogen-bond acceptors (Lipinski definition) is 7. The number of carbonyl (C=O) groups excluding carboxylic acids is 1. The normalized spacial score (nSPS) is 15.2. The summed E-state index contributed by atoms with van der Waals surface area (Å²) in [4.78, 5) is 27.9. The summed E-state index contributed by atoms with van der Waals surface area (Å²) in [5, 5.41) is 0.538. The molecule has 200 valence electrons. The molecule has 39 heavy (non-hydrogen) atoms. The van der Waals surface area contributed by atoms with Crippen LogP contribution < -0.4 is 0 Å². The number of hydrogen-bond donors (Lipinski definition) is 1. The van der Waals surface area contributed by atoms with Gasteiger partial charge in [0.25, 0.3) is 0 Å². The Labute approximate surface area is 226 Å². The van der Waals surface area contributed by atoms with Crippen LogP contribution in [0.3, 0.4) is 0 Å². The second kappa shape index (κ2) is 10.3. The van der Waals surface area contributed by atoms with Crippen molar-refractivity contribution in [3.63, 3.8) is 0 Å². The lowest BCUT2D eigenvalue weighted by molar-refractivity contribution is 0.0500. The second-order valence-electron chi connectivity index (χ2n) is 9.69. The molecule has 0 atom stereocenters. The van der Waals surface area contributed by atoms with Crippen LogP contribution in [0, 0.1) is 0 Å². The Kier molecular flexibility index (Phi) is 6.66. The maximum atomic E-state index is 13.8. The number of likely N-dealkylation sites (tertiary alicyclic amines) is 1. The van der Waals surface area contributed by atoms with Gasteiger partial charge in [0.15, 0.2) is 5.03 Å². The first-order valence-corrected chi connectivity index (χ1v) is 14.6. The van der Waals surface area contributed by atoms with E-state index >= 15 is 0 Å². The minimum Gasteiger partial charge on any atom is -0.460 e. The van der Waals surface area contributed by atoms with Gasteiger partial charge in [0.1, 0.15) is 11.2 Å². The summed E-state index contributed by atoms with van der Waals surface area (Å²) in [5.74, 6) is -0.472. The van der Waals surface area contributed by atoms with Gasteiger partial charge in [-0.25, -0.2) is 23.2 Å². The highest BCUT2D eigenvalue weighted by Gasteiger charge is 2.33. The molecular formula is C29H29N5O4S. The first kappa shape index (κ1) is 25.3. The Morgan fingerprint density at radius 2 is 1.69 bits per heavy atom. The lowest BCUT2D eigenvalue weighted by atomic mass is 10.0. The molecule has 0 aliphatic carbocycles. The molecule has 0 bridgehead atoms. The van der Waals surface area contributed by atoms with E-state index < -0.39 is 15.8 Å². The number of fused-ring (bicyclic) bond motifs is 3. The lowest BCUT2D eigenvalue weighted by Crippen LogP contribution is -2.35. The summed E-state index contributed by atoms with van der Waals surface area (Å²) >= 11 is 0. The summed E-state index contributed by atoms with van der Waals surface area (Å²) < 4.78 is 34.8. The SMILES string of the molecule is CCOC(=O)c1nc2c(S(=O)(=O)c3ccccc3)nc3[nH]ccc3c2n1C1CCN(Cc2ccccc2)CC1. The van der Waals surface area contributed by atoms with Crippen molar-refractivity contribution in [3.8, 4) is 0 Å². The van der Waals surface area contributed by atoms with Gasteiger partial charge in [0.2, 0.25) is 15.7 Å². The second-order valence-corrected chi connectivity index (χ2v) is 11.6. The monoisotopic (exact) mass is 543 g/mol. The Morgan fingerprint density at radius 3 is 2.38 bits per heavy atom. The minimum atomic E-state index is -4.02. The van der Waals surface area contributed by atoms with E-state index in [4.69, 9.17) is 4.74 Å². The molecule has 10 heteroatoms. The summed E-state index contributed by atoms with van der Waals surface area (Å²) in [5.41, 5.74) is 2.45. The van der Waals surface area contributed by atoms with E-state index in [0.717, 1.165) is 32.5 Å². The van der Waals surface area contributed by atoms with Crippen molar-refractivity contribution in [2.45, 2.75) is 42.3 Å². The fraction of sp³-hybridized carbons (Fsp3) is 0.276. The zero-order chi connectivity index (χ0) is 27.0. The molecular weight excluding hydrogens is 514 g/mol. The van der Waals surface area contributed by atoms with Crippen molar-refractivity contribution in [3.05, 3.63) is 84.3 Å². The van der Waals surface area contributed by atoms with Crippen LogP contribution >= 0.6 is 0 Å². The van der Waals surface area contributed by atoms with E-state index in [1.807, 2.05) is 28.8 Å². The maximum Gasteiger partial charge on any atom is 0.374 e. The average Bonchev–Trinajstić information content (AvgIpc) is 3.59. The largest absolute Gasteiger partial charge is 0.460 e. The highest BCUT2D eigenvalue weighted by Crippen LogP contribution is 2.36. The van der Waals surface area contributed by atoms with Gasteiger partial charge in [-0.2, -0.15) is 0 Å². The number of sulfone groups is 1. The van der Waals surface area contributed by atoms with Crippen molar-refractivity contribution in [2.75, 3.05) is 19.7 Å². The fourth-order valence-corrected chi connectivity index (χ4v) is 6.76. The molecule has 0 radical (unpaired) electrons. The third-order valence-electron chi connectivity index (χ3n) is 7.24. The molecule has 1 N–H and O–H groups in total. The maximum absolute atomic E-state index is 13.8. The van der Waals surface area contributed by atoms with Gasteiger partial charge < -0.3 is 14.3 Å². The number of nitrogens with one attached hydrogen (secondary N) is 1. The number of rotatable bonds is 7. The van der Waals surface area contributed by atoms with Crippen LogP contribution in [0.5, 0.6) is 0 Å². The van der Waals surface area contributed by atoms with Gasteiger partial charge in [-0.3, -0.25) is 4.90 Å². The molecule has 1 aliphatic rings. The number of nitrogens with zero attached hydrogens (tertiary/aromatic N) is 4. The quantitative estimate of drug-likeness (QED) is 0.295. The molecule has 5 aromatic rings. The Hall–Kier alpha value is -4.02. The van der Waals surface area contributed by atoms with Crippen molar-refractivity contribution in [1.82, 2.24) is 24.4 Å². The number of carbonyl (C=O) groups is 1. The summed E-state index contributed by atoms with van der Waals surface area (Å²) in [6, 6.07) is 20.3. The zero-order valence-corrected chi connectivity index (χ0v) is 22.4. The van der Waals surface area contributed by atoms with E-state index in [1.54, 1.807) is 31.3 Å². The zero-order valence-electron chi connectivity index (χ0n) is 21.6. The van der Waals surface area contributed by atoms with Gasteiger partial charge in [0.05, 0.1) is 17.0 Å². The Bertz CT molecular complexity index is 1740. The molecule has 0 spiro atoms. The van der Waals surface area contributed by atoms with Gasteiger partial charge in [-0.1, -0.05) is 48.5 Å². The molecule has 0 amide bonds. The first-order chi connectivity index (χ1) is 19.0. The molecule has 1 fully saturated rings. The summed E-state index contributed by atoms with van der Waals surface area (Å²) in [7, 11) is -4.02. The third-order valence-corrected chi connectivity index (χ3v) is 8.93. The summed E-state index contributed by atoms with van der Waals surface area (Å²) in [6.45, 7) is 4.44. The molecule has 4 heterocycles. The number of pyridine rings is 1. The van der Waals surface area contributed by atoms with Gasteiger partial charge >= 0.3 is 5.97 Å². The number of aromatic nitrogens is 4. The van der Waals surface area contributed by atoms with E-state index in [1.165, 1.54) is 17.7 Å². The van der Waals surface area contributed by atoms with Crippen molar-refractivity contribution in [1.29, 1.82) is 0 Å². The highest BCUT2D eigenvalue weighted by atomic mass is 32.2. The Morgan fingerprint density at radius 1 is 1.00 bits per heavy atom. The fourth-order valence-electron chi connectivity index (χ4n) is 5.41. The van der Waals surface area contributed by atoms with Crippen molar-refractivity contribution < 1.29 is 17.9 Å². The van der Waals surface area contributed by atoms with Crippen LogP contribution in [-0.2, 0) is 21.1 Å². The van der Waals surface area contributed by atoms with Crippen LogP contribution in [0.15, 0.2) is 82.8 Å². The number of H-pyrrole nitrogens is 1. The van der Waals surface area contributed by atoms with Crippen LogP contribution in [0.4, 0.5) is 0 Å². The standard InChI is InChI=1S/C29H29N5O4S/c1-2-38-29(35)27-31-24-25(34(27)21-14-17-33(18-15-21)19-20-9-5-3-6-10-20)23-13-16-30-26(23)32-28(24)39(36,37)22-11-7-4-8-12-22/h3-13,16,21H,2,14-15,17-19H2,1H3,(H,30,32). The minimum absolute atomic E-state index is 0.0609. The Balaban J connectivity index is 1.48. The molecule has 6 rings (SSSR count). The van der Waals surface area contributed by atoms with E-state index in [0.29, 0.717) is 16.6 Å². The molecule has 0 unspecified atom stereocenters. The smallest absolute Gasteiger partial charge is 0.374 e. The molecule has 2 aromatic carbocycles. The number of piperidine rings is 1. The van der Waals surface area contributed by atoms with Crippen molar-refractivity contribution in [2.24, 2.45) is 0 Å². The molecule has 1 saturated heterocycles. The van der Waals surface area contributed by atoms with E-state index in [2.05, 4.69) is 32.0 Å². The molecule has 1 aliphatic heterocycles. The van der Waals surface area contributed by atoms with E-state index in [9.17, 15) is 13.2 Å². The van der Waals surface area contributed by atoms with Crippen LogP contribution in [0.2, 0.25) is 0 Å². The predicted molar refractivity (Wildman–Crippen MR) is 147 cm³/mol. The third kappa shape index (κ3) is 4.59. The predicted octanol–water partition coefficient (Wildman–Crippen LogP) is 4.76. The molecule has 0 saturated carbocycles. The lowest BCUT2D eigenvalue weighted by Gasteiger charge is -2.33. The van der Waals surface area contributed by atoms with Crippen LogP contribution in [-0.4, -0.2) is 58.5 Å². The number of imidazole rings is 1. The number of aromatic amines is 1. The van der Waals surface area contributed by atoms with Gasteiger partial charge in [-0.15, -0.1) is 0 Å². The summed E-state index contributed by atoms with van der Waals surface area (Å²) in [6.07, 6.45) is 3.28. The van der Waals surface area contributed by atoms with Crippen LogP contribution in [0.1, 0.15) is 42.0 Å². The molecule has 3 aromatic heterocycles. The highest BCUT2D eigenvalue weighted by molar-refractivity contribution is 7.91. The average molecular weight is 544 g/mol. The van der Waals surface area contributed by atoms with Gasteiger partial charge in [-0.05, 0) is 43.5 Å². The topological polar surface area (TPSA) is 110 Å². The van der Waals surface area contributed by atoms with E-state index in [-0.39, 0.29) is 33.9 Å². The molecule has 9 nitrogen and oxygen atoms in total. The number of benzene rings is 2.